The number of carbonyl (C=O) groups is 2. The molecule has 6 nitrogen and oxygen atoms in total. The number of hydrogen-bond acceptors (Lipinski definition) is 3. The first-order valence-electron chi connectivity index (χ1n) is 7.79. The number of halogens is 2. The molecule has 2 aromatic heterocycles. The maximum absolute atomic E-state index is 12.5. The van der Waals surface area contributed by atoms with Gasteiger partial charge in [0.2, 0.25) is 0 Å². The Kier molecular flexibility index (Phi) is 5.49. The summed E-state index contributed by atoms with van der Waals surface area (Å²) in [6, 6.07) is 9.78. The van der Waals surface area contributed by atoms with Crippen LogP contribution < -0.4 is 10.6 Å². The fraction of sp³-hybridized carbons (Fsp3) is 0.111. The molecule has 3 aromatic rings. The molecule has 8 heteroatoms. The van der Waals surface area contributed by atoms with Crippen LogP contribution in [0.3, 0.4) is 0 Å². The largest absolute Gasteiger partial charge is 0.459 e. The van der Waals surface area contributed by atoms with E-state index in [1.165, 1.54) is 6.26 Å². The van der Waals surface area contributed by atoms with E-state index in [9.17, 15) is 9.59 Å². The minimum absolute atomic E-state index is 0.185. The normalized spacial score (nSPS) is 10.6. The molecule has 0 spiro atoms. The lowest BCUT2D eigenvalue weighted by Gasteiger charge is -2.10. The third kappa shape index (κ3) is 4.00. The number of hydrogen-bond donors (Lipinski definition) is 2. The molecule has 0 aliphatic carbocycles. The summed E-state index contributed by atoms with van der Waals surface area (Å²) >= 11 is 9.59. The summed E-state index contributed by atoms with van der Waals surface area (Å²) in [5, 5.41) is 5.76. The Hall–Kier alpha value is -2.51. The average Bonchev–Trinajstić information content (AvgIpc) is 3.26. The van der Waals surface area contributed by atoms with Crippen molar-refractivity contribution in [2.45, 2.75) is 13.5 Å². The Morgan fingerprint density at radius 2 is 2.00 bits per heavy atom. The molecular weight excluding hydrogens is 422 g/mol. The minimum Gasteiger partial charge on any atom is -0.459 e. The smallest absolute Gasteiger partial charge is 0.291 e. The maximum atomic E-state index is 12.5. The lowest BCUT2D eigenvalue weighted by atomic mass is 10.2. The van der Waals surface area contributed by atoms with Crippen molar-refractivity contribution in [2.24, 2.45) is 0 Å². The quantitative estimate of drug-likeness (QED) is 0.589. The van der Waals surface area contributed by atoms with E-state index in [1.54, 1.807) is 36.4 Å². The zero-order valence-electron chi connectivity index (χ0n) is 13.8. The van der Waals surface area contributed by atoms with Crippen LogP contribution >= 0.6 is 27.5 Å². The van der Waals surface area contributed by atoms with Crippen LogP contribution in [0.25, 0.3) is 0 Å². The lowest BCUT2D eigenvalue weighted by molar-refractivity contribution is 0.0993. The summed E-state index contributed by atoms with van der Waals surface area (Å²) in [6.07, 6.45) is 3.26. The van der Waals surface area contributed by atoms with Crippen LogP contribution in [0.1, 0.15) is 28.0 Å². The van der Waals surface area contributed by atoms with Gasteiger partial charge in [0.15, 0.2) is 5.76 Å². The van der Waals surface area contributed by atoms with Gasteiger partial charge in [0.05, 0.1) is 17.0 Å². The average molecular weight is 437 g/mol. The van der Waals surface area contributed by atoms with Crippen LogP contribution in [0, 0.1) is 0 Å². The van der Waals surface area contributed by atoms with E-state index in [0.717, 1.165) is 4.47 Å². The highest BCUT2D eigenvalue weighted by Gasteiger charge is 2.14. The van der Waals surface area contributed by atoms with E-state index in [2.05, 4.69) is 26.6 Å². The summed E-state index contributed by atoms with van der Waals surface area (Å²) in [5.41, 5.74) is 1.48. The van der Waals surface area contributed by atoms with Gasteiger partial charge in [-0.05, 0) is 59.3 Å². The Balaban J connectivity index is 1.73. The molecule has 0 atom stereocenters. The fourth-order valence-corrected chi connectivity index (χ4v) is 3.10. The predicted octanol–water partition coefficient (Wildman–Crippen LogP) is 5.02. The third-order valence-corrected chi connectivity index (χ3v) is 4.40. The van der Waals surface area contributed by atoms with E-state index >= 15 is 0 Å². The number of anilines is 2. The molecule has 1 aromatic carbocycles. The maximum Gasteiger partial charge on any atom is 0.291 e. The van der Waals surface area contributed by atoms with E-state index in [4.69, 9.17) is 16.0 Å². The number of nitrogens with one attached hydrogen (secondary N) is 2. The highest BCUT2D eigenvalue weighted by atomic mass is 79.9. The number of rotatable bonds is 5. The van der Waals surface area contributed by atoms with Crippen molar-refractivity contribution in [3.05, 3.63) is 69.8 Å². The van der Waals surface area contributed by atoms with Crippen LogP contribution in [0.4, 0.5) is 11.4 Å². The molecule has 0 radical (unpaired) electrons. The Labute approximate surface area is 163 Å². The van der Waals surface area contributed by atoms with Crippen molar-refractivity contribution < 1.29 is 14.0 Å². The van der Waals surface area contributed by atoms with Gasteiger partial charge in [0.1, 0.15) is 5.69 Å². The number of amides is 2. The molecule has 0 unspecified atom stereocenters. The molecule has 26 heavy (non-hydrogen) atoms. The monoisotopic (exact) mass is 435 g/mol. The van der Waals surface area contributed by atoms with E-state index in [0.29, 0.717) is 28.6 Å². The van der Waals surface area contributed by atoms with Gasteiger partial charge in [0, 0.05) is 22.9 Å². The van der Waals surface area contributed by atoms with E-state index in [1.807, 2.05) is 17.7 Å². The molecule has 0 aliphatic rings. The van der Waals surface area contributed by atoms with Crippen LogP contribution in [-0.2, 0) is 6.54 Å². The molecule has 2 N–H and O–H groups in total. The van der Waals surface area contributed by atoms with Gasteiger partial charge >= 0.3 is 0 Å². The number of carbonyl (C=O) groups excluding carboxylic acids is 2. The molecule has 3 rings (SSSR count). The molecular formula is C18H15BrClN3O3. The van der Waals surface area contributed by atoms with Crippen LogP contribution in [0.15, 0.2) is 57.7 Å². The predicted molar refractivity (Wildman–Crippen MR) is 104 cm³/mol. The van der Waals surface area contributed by atoms with Gasteiger partial charge in [-0.3, -0.25) is 9.59 Å². The second-order valence-corrected chi connectivity index (χ2v) is 6.73. The summed E-state index contributed by atoms with van der Waals surface area (Å²) < 4.78 is 7.70. The zero-order valence-corrected chi connectivity index (χ0v) is 16.1. The van der Waals surface area contributed by atoms with Crippen molar-refractivity contribution in [1.29, 1.82) is 0 Å². The van der Waals surface area contributed by atoms with E-state index < -0.39 is 5.91 Å². The van der Waals surface area contributed by atoms with Gasteiger partial charge in [-0.15, -0.1) is 0 Å². The molecule has 0 saturated heterocycles. The number of benzene rings is 1. The van der Waals surface area contributed by atoms with Crippen LogP contribution in [0.5, 0.6) is 0 Å². The van der Waals surface area contributed by atoms with Crippen molar-refractivity contribution in [2.75, 3.05) is 10.6 Å². The number of aryl methyl sites for hydroxylation is 1. The Bertz CT molecular complexity index is 951. The highest BCUT2D eigenvalue weighted by Crippen LogP contribution is 2.26. The molecule has 0 saturated carbocycles. The van der Waals surface area contributed by atoms with Crippen molar-refractivity contribution in [1.82, 2.24) is 4.57 Å². The number of aromatic nitrogens is 1. The second kappa shape index (κ2) is 7.80. The van der Waals surface area contributed by atoms with Gasteiger partial charge in [-0.2, -0.15) is 0 Å². The summed E-state index contributed by atoms with van der Waals surface area (Å²) in [7, 11) is 0. The molecule has 2 amide bonds. The first-order valence-corrected chi connectivity index (χ1v) is 8.96. The summed E-state index contributed by atoms with van der Waals surface area (Å²) in [6.45, 7) is 2.63. The van der Waals surface area contributed by atoms with Crippen molar-refractivity contribution in [3.63, 3.8) is 0 Å². The van der Waals surface area contributed by atoms with Gasteiger partial charge in [-0.25, -0.2) is 0 Å². The fourth-order valence-electron chi connectivity index (χ4n) is 2.41. The molecule has 134 valence electrons. The standard InChI is InChI=1S/C18H15BrClN3O3/c1-2-23-10-11(19)8-15(23)17(24)21-12-5-6-14(13(20)9-12)22-18(25)16-4-3-7-26-16/h3-10H,2H2,1H3,(H,21,24)(H,22,25). The zero-order chi connectivity index (χ0) is 18.7. The molecule has 0 bridgehead atoms. The second-order valence-electron chi connectivity index (χ2n) is 5.41. The highest BCUT2D eigenvalue weighted by molar-refractivity contribution is 9.10. The summed E-state index contributed by atoms with van der Waals surface area (Å²) in [4.78, 5) is 24.5. The third-order valence-electron chi connectivity index (χ3n) is 3.66. The molecule has 0 fully saturated rings. The van der Waals surface area contributed by atoms with Gasteiger partial charge in [0.25, 0.3) is 11.8 Å². The number of nitrogens with zero attached hydrogens (tertiary/aromatic N) is 1. The van der Waals surface area contributed by atoms with Crippen LogP contribution in [0.2, 0.25) is 5.02 Å². The van der Waals surface area contributed by atoms with Gasteiger partial charge in [-0.1, -0.05) is 11.6 Å². The Morgan fingerprint density at radius 3 is 2.65 bits per heavy atom. The molecule has 0 aliphatic heterocycles. The first kappa shape index (κ1) is 18.3. The Morgan fingerprint density at radius 1 is 1.19 bits per heavy atom. The molecule has 2 heterocycles. The van der Waals surface area contributed by atoms with Crippen LogP contribution in [-0.4, -0.2) is 16.4 Å². The van der Waals surface area contributed by atoms with Crippen molar-refractivity contribution >= 4 is 50.7 Å². The van der Waals surface area contributed by atoms with Gasteiger partial charge < -0.3 is 19.6 Å². The summed E-state index contributed by atoms with van der Waals surface area (Å²) in [5.74, 6) is -0.468. The van der Waals surface area contributed by atoms with Crippen molar-refractivity contribution in [3.8, 4) is 0 Å². The topological polar surface area (TPSA) is 76.3 Å². The lowest BCUT2D eigenvalue weighted by Crippen LogP contribution is -2.16. The SMILES string of the molecule is CCn1cc(Br)cc1C(=O)Nc1ccc(NC(=O)c2ccco2)c(Cl)c1. The number of furan rings is 1. The van der Waals surface area contributed by atoms with E-state index in [-0.39, 0.29) is 11.7 Å². The first-order chi connectivity index (χ1) is 12.5. The minimum atomic E-state index is -0.403.